The number of carbonyl (C=O) groups excluding carboxylic acids is 3. The van der Waals surface area contributed by atoms with Gasteiger partial charge >= 0.3 is 5.97 Å². The van der Waals surface area contributed by atoms with E-state index in [0.29, 0.717) is 33.4 Å². The third kappa shape index (κ3) is 6.64. The van der Waals surface area contributed by atoms with Crippen molar-refractivity contribution < 1.29 is 33.3 Å². The van der Waals surface area contributed by atoms with Crippen molar-refractivity contribution in [2.24, 2.45) is 0 Å². The topological polar surface area (TPSA) is 100 Å². The van der Waals surface area contributed by atoms with E-state index in [1.165, 1.54) is 45.6 Å². The standard InChI is InChI=1S/C27H24ClNO7/c1-33-22-13-17(14-23(34-2)27(22)35-3)9-12-25(31)36-16-24(30)29-21-11-10-19(28)15-20(21)26(32)18-7-5-4-6-8-18/h4-15H,16H2,1-3H3,(H,29,30)/b12-9+. The molecule has 3 rings (SSSR count). The van der Waals surface area contributed by atoms with E-state index in [1.54, 1.807) is 48.5 Å². The number of hydrogen-bond donors (Lipinski definition) is 1. The van der Waals surface area contributed by atoms with Crippen LogP contribution >= 0.6 is 11.6 Å². The summed E-state index contributed by atoms with van der Waals surface area (Å²) in [5, 5.41) is 2.94. The molecular weight excluding hydrogens is 486 g/mol. The Labute approximate surface area is 213 Å². The Bertz CT molecular complexity index is 1260. The molecule has 0 fully saturated rings. The van der Waals surface area contributed by atoms with Crippen molar-refractivity contribution in [1.29, 1.82) is 0 Å². The van der Waals surface area contributed by atoms with Gasteiger partial charge in [0.25, 0.3) is 5.91 Å². The molecular formula is C27H24ClNO7. The van der Waals surface area contributed by atoms with Crippen molar-refractivity contribution in [2.45, 2.75) is 0 Å². The lowest BCUT2D eigenvalue weighted by molar-refractivity contribution is -0.142. The largest absolute Gasteiger partial charge is 0.493 e. The lowest BCUT2D eigenvalue weighted by atomic mass is 10.0. The van der Waals surface area contributed by atoms with Crippen LogP contribution < -0.4 is 19.5 Å². The number of rotatable bonds is 10. The minimum Gasteiger partial charge on any atom is -0.493 e. The van der Waals surface area contributed by atoms with Crippen LogP contribution in [-0.2, 0) is 14.3 Å². The molecule has 0 bridgehead atoms. The van der Waals surface area contributed by atoms with Crippen molar-refractivity contribution in [3.63, 3.8) is 0 Å². The van der Waals surface area contributed by atoms with E-state index < -0.39 is 18.5 Å². The molecule has 0 spiro atoms. The highest BCUT2D eigenvalue weighted by molar-refractivity contribution is 6.31. The lowest BCUT2D eigenvalue weighted by Crippen LogP contribution is -2.21. The molecule has 0 heterocycles. The van der Waals surface area contributed by atoms with Gasteiger partial charge in [-0.25, -0.2) is 4.79 Å². The number of anilines is 1. The molecule has 3 aromatic carbocycles. The monoisotopic (exact) mass is 509 g/mol. The smallest absolute Gasteiger partial charge is 0.331 e. The number of methoxy groups -OCH3 is 3. The molecule has 3 aromatic rings. The number of benzene rings is 3. The third-order valence-corrected chi connectivity index (χ3v) is 5.22. The highest BCUT2D eigenvalue weighted by atomic mass is 35.5. The Morgan fingerprint density at radius 2 is 1.56 bits per heavy atom. The van der Waals surface area contributed by atoms with Crippen LogP contribution in [0.3, 0.4) is 0 Å². The minimum absolute atomic E-state index is 0.218. The fourth-order valence-corrected chi connectivity index (χ4v) is 3.46. The zero-order chi connectivity index (χ0) is 26.1. The number of nitrogens with one attached hydrogen (secondary N) is 1. The number of esters is 1. The van der Waals surface area contributed by atoms with Crippen LogP contribution in [0.2, 0.25) is 5.02 Å². The Morgan fingerprint density at radius 3 is 2.17 bits per heavy atom. The zero-order valence-electron chi connectivity index (χ0n) is 19.9. The van der Waals surface area contributed by atoms with Crippen LogP contribution in [0.5, 0.6) is 17.2 Å². The van der Waals surface area contributed by atoms with E-state index in [9.17, 15) is 14.4 Å². The van der Waals surface area contributed by atoms with E-state index in [1.807, 2.05) is 0 Å². The SMILES string of the molecule is COc1cc(/C=C/C(=O)OCC(=O)Nc2ccc(Cl)cc2C(=O)c2ccccc2)cc(OC)c1OC. The van der Waals surface area contributed by atoms with Crippen LogP contribution in [0.4, 0.5) is 5.69 Å². The molecule has 1 amide bonds. The average Bonchev–Trinajstić information content (AvgIpc) is 2.91. The molecule has 0 saturated carbocycles. The summed E-state index contributed by atoms with van der Waals surface area (Å²) in [6, 6.07) is 16.4. The Kier molecular flexibility index (Phi) is 9.07. The van der Waals surface area contributed by atoms with Gasteiger partial charge in [0.15, 0.2) is 23.9 Å². The Morgan fingerprint density at radius 1 is 0.889 bits per heavy atom. The van der Waals surface area contributed by atoms with Gasteiger partial charge in [-0.2, -0.15) is 0 Å². The molecule has 8 nitrogen and oxygen atoms in total. The number of carbonyl (C=O) groups is 3. The van der Waals surface area contributed by atoms with Gasteiger partial charge < -0.3 is 24.3 Å². The first-order valence-corrected chi connectivity index (χ1v) is 11.1. The Hall–Kier alpha value is -4.30. The van der Waals surface area contributed by atoms with Crippen molar-refractivity contribution in [1.82, 2.24) is 0 Å². The second-order valence-electron chi connectivity index (χ2n) is 7.33. The molecule has 36 heavy (non-hydrogen) atoms. The fraction of sp³-hybridized carbons (Fsp3) is 0.148. The minimum atomic E-state index is -0.740. The van der Waals surface area contributed by atoms with E-state index in [0.717, 1.165) is 0 Å². The first-order chi connectivity index (χ1) is 17.4. The number of amides is 1. The van der Waals surface area contributed by atoms with Crippen molar-refractivity contribution >= 4 is 41.0 Å². The van der Waals surface area contributed by atoms with Crippen LogP contribution in [0.25, 0.3) is 6.08 Å². The molecule has 0 aliphatic heterocycles. The molecule has 1 N–H and O–H groups in total. The van der Waals surface area contributed by atoms with Gasteiger partial charge in [-0.05, 0) is 42.0 Å². The summed E-state index contributed by atoms with van der Waals surface area (Å²) < 4.78 is 20.9. The number of ketones is 1. The molecule has 0 aliphatic carbocycles. The van der Waals surface area contributed by atoms with Crippen LogP contribution in [0, 0.1) is 0 Å². The van der Waals surface area contributed by atoms with E-state index in [2.05, 4.69) is 5.32 Å². The van der Waals surface area contributed by atoms with E-state index in [4.69, 9.17) is 30.5 Å². The zero-order valence-corrected chi connectivity index (χ0v) is 20.6. The lowest BCUT2D eigenvalue weighted by Gasteiger charge is -2.12. The van der Waals surface area contributed by atoms with Crippen LogP contribution in [0.1, 0.15) is 21.5 Å². The first kappa shape index (κ1) is 26.3. The van der Waals surface area contributed by atoms with Crippen molar-refractivity contribution in [3.8, 4) is 17.2 Å². The molecule has 9 heteroatoms. The van der Waals surface area contributed by atoms with Gasteiger partial charge in [-0.15, -0.1) is 0 Å². The summed E-state index contributed by atoms with van der Waals surface area (Å²) >= 11 is 6.06. The summed E-state index contributed by atoms with van der Waals surface area (Å²) in [6.07, 6.45) is 2.65. The van der Waals surface area contributed by atoms with Gasteiger partial charge in [0.2, 0.25) is 5.75 Å². The normalized spacial score (nSPS) is 10.6. The maximum atomic E-state index is 12.9. The molecule has 0 atom stereocenters. The number of halogens is 1. The summed E-state index contributed by atoms with van der Waals surface area (Å²) in [7, 11) is 4.46. The third-order valence-electron chi connectivity index (χ3n) is 4.98. The maximum Gasteiger partial charge on any atom is 0.331 e. The fourth-order valence-electron chi connectivity index (χ4n) is 3.29. The molecule has 0 aromatic heterocycles. The summed E-state index contributed by atoms with van der Waals surface area (Å²) in [5.41, 5.74) is 1.51. The quantitative estimate of drug-likeness (QED) is 0.238. The van der Waals surface area contributed by atoms with Crippen molar-refractivity contribution in [2.75, 3.05) is 33.3 Å². The van der Waals surface area contributed by atoms with Gasteiger partial charge in [0.1, 0.15) is 0 Å². The first-order valence-electron chi connectivity index (χ1n) is 10.7. The summed E-state index contributed by atoms with van der Waals surface area (Å²) in [4.78, 5) is 37.5. The maximum absolute atomic E-state index is 12.9. The second-order valence-corrected chi connectivity index (χ2v) is 7.77. The van der Waals surface area contributed by atoms with Crippen molar-refractivity contribution in [3.05, 3.63) is 88.5 Å². The van der Waals surface area contributed by atoms with Gasteiger partial charge in [0, 0.05) is 22.2 Å². The second kappa shape index (κ2) is 12.4. The highest BCUT2D eigenvalue weighted by Gasteiger charge is 2.17. The molecule has 0 aliphatic rings. The summed E-state index contributed by atoms with van der Waals surface area (Å²) in [5.74, 6) is -0.395. The number of hydrogen-bond acceptors (Lipinski definition) is 7. The number of ether oxygens (including phenoxy) is 4. The van der Waals surface area contributed by atoms with Crippen LogP contribution in [-0.4, -0.2) is 45.6 Å². The van der Waals surface area contributed by atoms with Gasteiger partial charge in [-0.3, -0.25) is 9.59 Å². The predicted molar refractivity (Wildman–Crippen MR) is 136 cm³/mol. The molecule has 186 valence electrons. The van der Waals surface area contributed by atoms with Gasteiger partial charge in [-0.1, -0.05) is 41.9 Å². The summed E-state index contributed by atoms with van der Waals surface area (Å²) in [6.45, 7) is -0.556. The van der Waals surface area contributed by atoms with E-state index in [-0.39, 0.29) is 17.0 Å². The molecule has 0 radical (unpaired) electrons. The van der Waals surface area contributed by atoms with Crippen LogP contribution in [0.15, 0.2) is 66.7 Å². The van der Waals surface area contributed by atoms with Gasteiger partial charge in [0.05, 0.1) is 27.0 Å². The van der Waals surface area contributed by atoms with E-state index >= 15 is 0 Å². The average molecular weight is 510 g/mol. The predicted octanol–water partition coefficient (Wildman–Crippen LogP) is 4.79. The highest BCUT2D eigenvalue weighted by Crippen LogP contribution is 2.38. The Balaban J connectivity index is 1.65. The molecule has 0 saturated heterocycles. The molecule has 0 unspecified atom stereocenters.